The van der Waals surface area contributed by atoms with Gasteiger partial charge in [-0.3, -0.25) is 10.8 Å². The van der Waals surface area contributed by atoms with Crippen LogP contribution in [0.25, 0.3) is 0 Å². The number of rotatable bonds is 9. The first-order valence-electron chi connectivity index (χ1n) is 4.91. The Hall–Kier alpha value is -0.440. The number of hydrogen-bond acceptors (Lipinski definition) is 6. The van der Waals surface area contributed by atoms with Gasteiger partial charge >= 0.3 is 0 Å². The van der Waals surface area contributed by atoms with Crippen LogP contribution in [0.3, 0.4) is 0 Å². The molecule has 0 aliphatic carbocycles. The van der Waals surface area contributed by atoms with E-state index in [1.807, 2.05) is 14.0 Å². The molecular formula is C8H20N6S2. The van der Waals surface area contributed by atoms with Gasteiger partial charge in [0.15, 0.2) is 0 Å². The standard InChI is InChI=1S/C8H20N6S2/c1-7(9)3-4-15-16-6-12-8(10)14-13-5-11-2/h9,11,13H,3-6H2,1-2H3,(H3,10,12,14). The van der Waals surface area contributed by atoms with E-state index in [0.717, 1.165) is 12.2 Å². The molecule has 16 heavy (non-hydrogen) atoms. The monoisotopic (exact) mass is 264 g/mol. The largest absolute Gasteiger partial charge is 0.346 e. The topological polar surface area (TPSA) is 95.8 Å². The van der Waals surface area contributed by atoms with E-state index >= 15 is 0 Å². The molecule has 0 atom stereocenters. The van der Waals surface area contributed by atoms with Crippen molar-refractivity contribution in [3.8, 4) is 0 Å². The van der Waals surface area contributed by atoms with Crippen LogP contribution >= 0.6 is 21.6 Å². The third-order valence-corrected chi connectivity index (χ3v) is 3.58. The second-order valence-corrected chi connectivity index (χ2v) is 5.58. The molecule has 0 spiro atoms. The fraction of sp³-hybridized carbons (Fsp3) is 0.750. The molecule has 6 nitrogen and oxygen atoms in total. The molecule has 0 aromatic heterocycles. The molecule has 0 radical (unpaired) electrons. The van der Waals surface area contributed by atoms with Gasteiger partial charge in [-0.05, 0) is 20.4 Å². The van der Waals surface area contributed by atoms with Crippen LogP contribution in [0.1, 0.15) is 13.3 Å². The Labute approximate surface area is 104 Å². The molecule has 0 aliphatic rings. The van der Waals surface area contributed by atoms with Gasteiger partial charge in [-0.25, -0.2) is 5.43 Å². The Morgan fingerprint density at radius 2 is 2.00 bits per heavy atom. The molecule has 0 aliphatic heterocycles. The lowest BCUT2D eigenvalue weighted by Gasteiger charge is -2.10. The summed E-state index contributed by atoms with van der Waals surface area (Å²) in [4.78, 5) is 0. The highest BCUT2D eigenvalue weighted by molar-refractivity contribution is 8.76. The molecule has 0 rings (SSSR count). The molecule has 0 fully saturated rings. The van der Waals surface area contributed by atoms with E-state index in [2.05, 4.69) is 21.5 Å². The Kier molecular flexibility index (Phi) is 10.8. The maximum atomic E-state index is 7.45. The Bertz CT molecular complexity index is 211. The zero-order chi connectivity index (χ0) is 12.2. The summed E-state index contributed by atoms with van der Waals surface area (Å²) in [6.45, 7) is 2.42. The minimum Gasteiger partial charge on any atom is -0.346 e. The SMILES string of the molecule is CNCNNC(=N)NCSSCCC(C)=N. The molecule has 8 heteroatoms. The first kappa shape index (κ1) is 15.6. The second kappa shape index (κ2) is 11.1. The lowest BCUT2D eigenvalue weighted by Crippen LogP contribution is -2.47. The van der Waals surface area contributed by atoms with Crippen LogP contribution in [0.5, 0.6) is 0 Å². The molecule has 0 amide bonds. The van der Waals surface area contributed by atoms with Crippen molar-refractivity contribution < 1.29 is 0 Å². The van der Waals surface area contributed by atoms with Crippen LogP contribution in [0.15, 0.2) is 0 Å². The molecular weight excluding hydrogens is 244 g/mol. The first-order chi connectivity index (χ1) is 7.66. The molecule has 6 N–H and O–H groups in total. The number of hydrazine groups is 1. The van der Waals surface area contributed by atoms with E-state index in [4.69, 9.17) is 10.8 Å². The summed E-state index contributed by atoms with van der Waals surface area (Å²) >= 11 is 0. The second-order valence-electron chi connectivity index (χ2n) is 3.00. The van der Waals surface area contributed by atoms with Crippen LogP contribution in [-0.4, -0.2) is 37.0 Å². The molecule has 0 unspecified atom stereocenters. The Balaban J connectivity index is 3.18. The summed E-state index contributed by atoms with van der Waals surface area (Å²) in [5, 5.41) is 20.5. The van der Waals surface area contributed by atoms with Crippen molar-refractivity contribution in [2.45, 2.75) is 13.3 Å². The van der Waals surface area contributed by atoms with Crippen LogP contribution in [0.2, 0.25) is 0 Å². The quantitative estimate of drug-likeness (QED) is 0.0909. The van der Waals surface area contributed by atoms with Gasteiger partial charge in [0.05, 0.1) is 12.5 Å². The normalized spacial score (nSPS) is 9.88. The number of nitrogens with one attached hydrogen (secondary N) is 6. The molecule has 0 heterocycles. The van der Waals surface area contributed by atoms with E-state index < -0.39 is 0 Å². The lowest BCUT2D eigenvalue weighted by atomic mass is 10.3. The Morgan fingerprint density at radius 1 is 1.25 bits per heavy atom. The summed E-state index contributed by atoms with van der Waals surface area (Å²) in [6.07, 6.45) is 0.830. The van der Waals surface area contributed by atoms with Crippen LogP contribution < -0.4 is 21.5 Å². The summed E-state index contributed by atoms with van der Waals surface area (Å²) < 4.78 is 0. The Morgan fingerprint density at radius 3 is 2.62 bits per heavy atom. The highest BCUT2D eigenvalue weighted by Gasteiger charge is 1.95. The smallest absolute Gasteiger partial charge is 0.203 e. The molecule has 0 bridgehead atoms. The minimum atomic E-state index is 0.256. The molecule has 0 saturated carbocycles. The molecule has 94 valence electrons. The number of guanidine groups is 1. The van der Waals surface area contributed by atoms with E-state index in [0.29, 0.717) is 18.3 Å². The highest BCUT2D eigenvalue weighted by atomic mass is 33.1. The summed E-state index contributed by atoms with van der Waals surface area (Å²) in [6, 6.07) is 0. The van der Waals surface area contributed by atoms with Crippen molar-refractivity contribution in [2.75, 3.05) is 25.3 Å². The van der Waals surface area contributed by atoms with Gasteiger partial charge in [-0.15, -0.1) is 0 Å². The highest BCUT2D eigenvalue weighted by Crippen LogP contribution is 2.20. The van der Waals surface area contributed by atoms with Gasteiger partial charge < -0.3 is 16.0 Å². The van der Waals surface area contributed by atoms with E-state index in [1.54, 1.807) is 21.6 Å². The third kappa shape index (κ3) is 11.6. The maximum absolute atomic E-state index is 7.45. The first-order valence-corrected chi connectivity index (χ1v) is 7.40. The molecule has 0 aromatic carbocycles. The van der Waals surface area contributed by atoms with Gasteiger partial charge in [0, 0.05) is 11.5 Å². The lowest BCUT2D eigenvalue weighted by molar-refractivity contribution is 0.591. The van der Waals surface area contributed by atoms with Gasteiger partial charge in [0.1, 0.15) is 0 Å². The van der Waals surface area contributed by atoms with Crippen molar-refractivity contribution in [1.29, 1.82) is 10.8 Å². The molecule has 0 aromatic rings. The van der Waals surface area contributed by atoms with Crippen molar-refractivity contribution >= 4 is 33.3 Å². The fourth-order valence-corrected chi connectivity index (χ4v) is 2.49. The van der Waals surface area contributed by atoms with E-state index in [-0.39, 0.29) is 5.96 Å². The van der Waals surface area contributed by atoms with Gasteiger partial charge in [0.2, 0.25) is 5.96 Å². The van der Waals surface area contributed by atoms with Crippen molar-refractivity contribution in [3.63, 3.8) is 0 Å². The number of hydrogen-bond donors (Lipinski definition) is 6. The summed E-state index contributed by atoms with van der Waals surface area (Å²) in [5.41, 5.74) is 6.22. The van der Waals surface area contributed by atoms with Crippen molar-refractivity contribution in [2.24, 2.45) is 0 Å². The van der Waals surface area contributed by atoms with E-state index in [1.165, 1.54) is 0 Å². The third-order valence-electron chi connectivity index (χ3n) is 1.43. The van der Waals surface area contributed by atoms with Gasteiger partial charge in [-0.1, -0.05) is 21.6 Å². The zero-order valence-corrected chi connectivity index (χ0v) is 11.3. The van der Waals surface area contributed by atoms with Crippen LogP contribution in [0.4, 0.5) is 0 Å². The van der Waals surface area contributed by atoms with Crippen molar-refractivity contribution in [1.82, 2.24) is 21.5 Å². The van der Waals surface area contributed by atoms with Crippen LogP contribution in [-0.2, 0) is 0 Å². The van der Waals surface area contributed by atoms with Crippen LogP contribution in [0, 0.1) is 10.8 Å². The van der Waals surface area contributed by atoms with Crippen molar-refractivity contribution in [3.05, 3.63) is 0 Å². The molecule has 0 saturated heterocycles. The van der Waals surface area contributed by atoms with E-state index in [9.17, 15) is 0 Å². The summed E-state index contributed by atoms with van der Waals surface area (Å²) in [5.74, 6) is 1.88. The minimum absolute atomic E-state index is 0.256. The average molecular weight is 264 g/mol. The zero-order valence-electron chi connectivity index (χ0n) is 9.64. The van der Waals surface area contributed by atoms with Gasteiger partial charge in [0.25, 0.3) is 0 Å². The predicted molar refractivity (Wildman–Crippen MR) is 74.0 cm³/mol. The van der Waals surface area contributed by atoms with Gasteiger partial charge in [-0.2, -0.15) is 0 Å². The predicted octanol–water partition coefficient (Wildman–Crippen LogP) is 0.551. The maximum Gasteiger partial charge on any atom is 0.203 e. The summed E-state index contributed by atoms with van der Waals surface area (Å²) in [7, 11) is 5.18. The fourth-order valence-electron chi connectivity index (χ4n) is 0.662. The average Bonchev–Trinajstić information content (AvgIpc) is 2.23.